The van der Waals surface area contributed by atoms with E-state index >= 15 is 0 Å². The summed E-state index contributed by atoms with van der Waals surface area (Å²) in [6.45, 7) is 0.898. The highest BCUT2D eigenvalue weighted by atomic mass is 32.2. The fourth-order valence-electron chi connectivity index (χ4n) is 3.50. The largest absolute Gasteiger partial charge is 0.381 e. The van der Waals surface area contributed by atoms with Gasteiger partial charge in [-0.3, -0.25) is 4.79 Å². The fraction of sp³-hybridized carbons (Fsp3) is 0.588. The number of nitrogens with one attached hydrogen (secondary N) is 1. The molecule has 2 fully saturated rings. The maximum absolute atomic E-state index is 14.0. The normalized spacial score (nSPS) is 25.3. The van der Waals surface area contributed by atoms with Gasteiger partial charge in [-0.05, 0) is 37.3 Å². The summed E-state index contributed by atoms with van der Waals surface area (Å²) in [5.74, 6) is -0.400. The Labute approximate surface area is 141 Å². The van der Waals surface area contributed by atoms with Crippen molar-refractivity contribution in [1.82, 2.24) is 5.32 Å². The number of hydrogen-bond acceptors (Lipinski definition) is 4. The topological polar surface area (TPSA) is 72.5 Å². The number of sulfone groups is 1. The van der Waals surface area contributed by atoms with Gasteiger partial charge in [0.05, 0.1) is 16.9 Å². The quantitative estimate of drug-likeness (QED) is 0.888. The molecule has 2 aliphatic heterocycles. The number of benzene rings is 1. The van der Waals surface area contributed by atoms with Crippen molar-refractivity contribution in [3.8, 4) is 0 Å². The average Bonchev–Trinajstić information content (AvgIpc) is 2.89. The Hall–Kier alpha value is -1.47. The van der Waals surface area contributed by atoms with Crippen molar-refractivity contribution >= 4 is 15.7 Å². The molecule has 1 aromatic carbocycles. The van der Waals surface area contributed by atoms with Crippen LogP contribution in [-0.4, -0.2) is 45.1 Å². The van der Waals surface area contributed by atoms with Crippen LogP contribution in [0.5, 0.6) is 0 Å². The van der Waals surface area contributed by atoms with Crippen molar-refractivity contribution in [2.75, 3.05) is 24.7 Å². The molecule has 2 heterocycles. The minimum atomic E-state index is -3.06. The molecule has 1 unspecified atom stereocenters. The van der Waals surface area contributed by atoms with Gasteiger partial charge in [0, 0.05) is 19.3 Å². The molecule has 3 rings (SSSR count). The molecule has 1 N–H and O–H groups in total. The molecule has 0 saturated carbocycles. The molecule has 0 spiro atoms. The summed E-state index contributed by atoms with van der Waals surface area (Å²) < 4.78 is 42.6. The summed E-state index contributed by atoms with van der Waals surface area (Å²) in [5.41, 5.74) is -0.235. The standard InChI is InChI=1S/C17H22FNO4S/c18-15-4-2-1-3-13(15)11-17(6-8-23-9-7-17)16(20)19-14-5-10-24(21,22)12-14/h1-4,14H,5-12H2,(H,19,20). The Morgan fingerprint density at radius 3 is 2.62 bits per heavy atom. The molecular formula is C17H22FNO4S. The van der Waals surface area contributed by atoms with E-state index in [4.69, 9.17) is 4.74 Å². The summed E-state index contributed by atoms with van der Waals surface area (Å²) >= 11 is 0. The van der Waals surface area contributed by atoms with Crippen molar-refractivity contribution in [2.24, 2.45) is 5.41 Å². The second-order valence-corrected chi connectivity index (χ2v) is 8.96. The van der Waals surface area contributed by atoms with Crippen molar-refractivity contribution in [2.45, 2.75) is 31.7 Å². The van der Waals surface area contributed by atoms with Crippen molar-refractivity contribution in [3.63, 3.8) is 0 Å². The molecule has 1 aromatic rings. The van der Waals surface area contributed by atoms with Gasteiger partial charge in [-0.2, -0.15) is 0 Å². The zero-order chi connectivity index (χ0) is 17.2. The van der Waals surface area contributed by atoms with Crippen molar-refractivity contribution < 1.29 is 22.3 Å². The van der Waals surface area contributed by atoms with Crippen LogP contribution in [0.4, 0.5) is 4.39 Å². The number of hydrogen-bond donors (Lipinski definition) is 1. The summed E-state index contributed by atoms with van der Waals surface area (Å²) in [5, 5.41) is 2.89. The van der Waals surface area contributed by atoms with Gasteiger partial charge >= 0.3 is 0 Å². The van der Waals surface area contributed by atoms with E-state index in [2.05, 4.69) is 5.32 Å². The van der Waals surface area contributed by atoms with Crippen LogP contribution in [0.15, 0.2) is 24.3 Å². The van der Waals surface area contributed by atoms with Crippen LogP contribution in [0.1, 0.15) is 24.8 Å². The number of halogens is 1. The number of carbonyl (C=O) groups is 1. The lowest BCUT2D eigenvalue weighted by molar-refractivity contribution is -0.137. The minimum Gasteiger partial charge on any atom is -0.381 e. The highest BCUT2D eigenvalue weighted by molar-refractivity contribution is 7.91. The van der Waals surface area contributed by atoms with E-state index in [-0.39, 0.29) is 29.3 Å². The Morgan fingerprint density at radius 2 is 2.00 bits per heavy atom. The van der Waals surface area contributed by atoms with Gasteiger partial charge in [0.1, 0.15) is 5.82 Å². The second-order valence-electron chi connectivity index (χ2n) is 6.73. The Balaban J connectivity index is 1.78. The van der Waals surface area contributed by atoms with Crippen molar-refractivity contribution in [3.05, 3.63) is 35.6 Å². The monoisotopic (exact) mass is 355 g/mol. The highest BCUT2D eigenvalue weighted by Gasteiger charge is 2.42. The molecule has 7 heteroatoms. The van der Waals surface area contributed by atoms with E-state index in [1.807, 2.05) is 0 Å². The average molecular weight is 355 g/mol. The van der Waals surface area contributed by atoms with Gasteiger partial charge in [-0.1, -0.05) is 18.2 Å². The van der Waals surface area contributed by atoms with E-state index < -0.39 is 15.3 Å². The third-order valence-corrected chi connectivity index (χ3v) is 6.75. The molecule has 1 atom stereocenters. The Bertz CT molecular complexity index is 713. The fourth-order valence-corrected chi connectivity index (χ4v) is 5.17. The third kappa shape index (κ3) is 3.78. The lowest BCUT2D eigenvalue weighted by Crippen LogP contribution is -2.49. The molecule has 0 aromatic heterocycles. The van der Waals surface area contributed by atoms with E-state index in [1.165, 1.54) is 6.07 Å². The van der Waals surface area contributed by atoms with Crippen LogP contribution >= 0.6 is 0 Å². The first-order valence-electron chi connectivity index (χ1n) is 8.23. The van der Waals surface area contributed by atoms with Gasteiger partial charge in [0.15, 0.2) is 9.84 Å². The zero-order valence-electron chi connectivity index (χ0n) is 13.5. The van der Waals surface area contributed by atoms with Crippen molar-refractivity contribution in [1.29, 1.82) is 0 Å². The summed E-state index contributed by atoms with van der Waals surface area (Å²) in [4.78, 5) is 12.9. The van der Waals surface area contributed by atoms with E-state index in [0.717, 1.165) is 0 Å². The minimum absolute atomic E-state index is 0.00891. The molecule has 24 heavy (non-hydrogen) atoms. The van der Waals surface area contributed by atoms with Gasteiger partial charge in [-0.15, -0.1) is 0 Å². The molecule has 2 saturated heterocycles. The smallest absolute Gasteiger partial charge is 0.226 e. The van der Waals surface area contributed by atoms with E-state index in [1.54, 1.807) is 18.2 Å². The van der Waals surface area contributed by atoms with Crippen LogP contribution < -0.4 is 5.32 Å². The molecule has 0 aliphatic carbocycles. The van der Waals surface area contributed by atoms with Gasteiger partial charge in [0.25, 0.3) is 0 Å². The van der Waals surface area contributed by atoms with Crippen LogP contribution in [0, 0.1) is 11.2 Å². The molecule has 2 aliphatic rings. The van der Waals surface area contributed by atoms with Crippen LogP contribution in [0.2, 0.25) is 0 Å². The Morgan fingerprint density at radius 1 is 1.29 bits per heavy atom. The third-order valence-electron chi connectivity index (χ3n) is 4.99. The van der Waals surface area contributed by atoms with E-state index in [9.17, 15) is 17.6 Å². The van der Waals surface area contributed by atoms with Crippen LogP contribution in [0.3, 0.4) is 0 Å². The van der Waals surface area contributed by atoms with Gasteiger partial charge < -0.3 is 10.1 Å². The molecular weight excluding hydrogens is 333 g/mol. The van der Waals surface area contributed by atoms with Gasteiger partial charge in [-0.25, -0.2) is 12.8 Å². The Kier molecular flexibility index (Phi) is 4.92. The lowest BCUT2D eigenvalue weighted by atomic mass is 9.74. The first-order chi connectivity index (χ1) is 11.4. The van der Waals surface area contributed by atoms with E-state index in [0.29, 0.717) is 44.5 Å². The number of carbonyl (C=O) groups excluding carboxylic acids is 1. The SMILES string of the molecule is O=C(NC1CCS(=O)(=O)C1)C1(Cc2ccccc2F)CCOCC1. The predicted molar refractivity (Wildman–Crippen MR) is 87.8 cm³/mol. The van der Waals surface area contributed by atoms with Gasteiger partial charge in [0.2, 0.25) is 5.91 Å². The maximum atomic E-state index is 14.0. The number of rotatable bonds is 4. The van der Waals surface area contributed by atoms with Crippen LogP contribution in [-0.2, 0) is 25.8 Å². The first kappa shape index (κ1) is 17.4. The number of ether oxygens (including phenoxy) is 1. The summed E-state index contributed by atoms with van der Waals surface area (Å²) in [6.07, 6.45) is 1.76. The molecule has 132 valence electrons. The molecule has 5 nitrogen and oxygen atoms in total. The maximum Gasteiger partial charge on any atom is 0.226 e. The predicted octanol–water partition coefficient (Wildman–Crippen LogP) is 1.47. The lowest BCUT2D eigenvalue weighted by Gasteiger charge is -2.36. The van der Waals surface area contributed by atoms with Crippen LogP contribution in [0.25, 0.3) is 0 Å². The first-order valence-corrected chi connectivity index (χ1v) is 10.0. The molecule has 0 bridgehead atoms. The summed E-state index contributed by atoms with van der Waals surface area (Å²) in [6, 6.07) is 6.12. The molecule has 1 amide bonds. The molecule has 0 radical (unpaired) electrons. The second kappa shape index (κ2) is 6.80. The zero-order valence-corrected chi connectivity index (χ0v) is 14.3. The highest BCUT2D eigenvalue weighted by Crippen LogP contribution is 2.36. The number of amides is 1. The summed E-state index contributed by atoms with van der Waals surface area (Å²) in [7, 11) is -3.06.